The Kier molecular flexibility index (Phi) is 3.64. The summed E-state index contributed by atoms with van der Waals surface area (Å²) < 4.78 is 0. The van der Waals surface area contributed by atoms with Gasteiger partial charge in [-0.25, -0.2) is 0 Å². The minimum absolute atomic E-state index is 0.189. The van der Waals surface area contributed by atoms with Gasteiger partial charge in [0.25, 0.3) is 5.91 Å². The lowest BCUT2D eigenvalue weighted by atomic mass is 10.2. The second-order valence-corrected chi connectivity index (χ2v) is 4.53. The molecule has 0 radical (unpaired) electrons. The number of benzene rings is 1. The lowest BCUT2D eigenvalue weighted by Crippen LogP contribution is -2.35. The molecule has 4 nitrogen and oxygen atoms in total. The highest BCUT2D eigenvalue weighted by molar-refractivity contribution is 7.12. The van der Waals surface area contributed by atoms with Crippen LogP contribution >= 0.6 is 11.3 Å². The van der Waals surface area contributed by atoms with Crippen molar-refractivity contribution < 1.29 is 9.90 Å². The molecule has 5 heteroatoms. The number of hydrogen-bond acceptors (Lipinski definition) is 4. The third kappa shape index (κ3) is 2.89. The molecule has 0 unspecified atom stereocenters. The van der Waals surface area contributed by atoms with Gasteiger partial charge < -0.3 is 5.11 Å². The van der Waals surface area contributed by atoms with Crippen LogP contribution in [0.4, 0.5) is 0 Å². The van der Waals surface area contributed by atoms with E-state index in [2.05, 4.69) is 17.4 Å². The fourth-order valence-electron chi connectivity index (χ4n) is 1.34. The van der Waals surface area contributed by atoms with E-state index in [1.165, 1.54) is 11.3 Å². The van der Waals surface area contributed by atoms with Crippen molar-refractivity contribution in [3.05, 3.63) is 58.8 Å². The van der Waals surface area contributed by atoms with E-state index in [0.29, 0.717) is 10.6 Å². The standard InChI is InChI=1S/C13H12N2O2S/c1-9(10-4-6-11(16)7-5-10)14-15-13(17)12-3-2-8-18-12/h2-8,14,16H,1H2,(H,15,17). The number of rotatable bonds is 4. The Bertz CT molecular complexity index is 547. The van der Waals surface area contributed by atoms with Crippen LogP contribution < -0.4 is 10.9 Å². The van der Waals surface area contributed by atoms with Crippen molar-refractivity contribution in [3.63, 3.8) is 0 Å². The number of phenols is 1. The number of aromatic hydroxyl groups is 1. The van der Waals surface area contributed by atoms with E-state index in [1.807, 2.05) is 11.4 Å². The van der Waals surface area contributed by atoms with E-state index in [9.17, 15) is 4.79 Å². The minimum atomic E-state index is -0.204. The van der Waals surface area contributed by atoms with Crippen LogP contribution in [-0.2, 0) is 0 Å². The number of hydrogen-bond donors (Lipinski definition) is 3. The Morgan fingerprint density at radius 3 is 2.50 bits per heavy atom. The predicted molar refractivity (Wildman–Crippen MR) is 72.1 cm³/mol. The number of amides is 1. The van der Waals surface area contributed by atoms with Crippen molar-refractivity contribution in [1.82, 2.24) is 10.9 Å². The number of carbonyl (C=O) groups excluding carboxylic acids is 1. The average Bonchev–Trinajstić information content (AvgIpc) is 2.90. The summed E-state index contributed by atoms with van der Waals surface area (Å²) in [6, 6.07) is 10.1. The molecule has 0 saturated heterocycles. The van der Waals surface area contributed by atoms with Crippen LogP contribution in [-0.4, -0.2) is 11.0 Å². The van der Waals surface area contributed by atoms with E-state index in [-0.39, 0.29) is 11.7 Å². The van der Waals surface area contributed by atoms with Gasteiger partial charge in [-0.2, -0.15) is 0 Å². The molecule has 3 N–H and O–H groups in total. The normalized spacial score (nSPS) is 9.78. The average molecular weight is 260 g/mol. The zero-order valence-corrected chi connectivity index (χ0v) is 10.3. The molecule has 18 heavy (non-hydrogen) atoms. The van der Waals surface area contributed by atoms with Crippen molar-refractivity contribution >= 4 is 22.9 Å². The summed E-state index contributed by atoms with van der Waals surface area (Å²) in [7, 11) is 0. The Morgan fingerprint density at radius 1 is 1.17 bits per heavy atom. The molecule has 1 aromatic carbocycles. The first kappa shape index (κ1) is 12.2. The Morgan fingerprint density at radius 2 is 1.89 bits per heavy atom. The highest BCUT2D eigenvalue weighted by Crippen LogP contribution is 2.14. The van der Waals surface area contributed by atoms with E-state index >= 15 is 0 Å². The molecule has 0 bridgehead atoms. The van der Waals surface area contributed by atoms with Crippen molar-refractivity contribution in [2.24, 2.45) is 0 Å². The molecular formula is C13H12N2O2S. The van der Waals surface area contributed by atoms with Crippen molar-refractivity contribution in [2.45, 2.75) is 0 Å². The van der Waals surface area contributed by atoms with Gasteiger partial charge in [-0.15, -0.1) is 11.3 Å². The molecule has 1 heterocycles. The van der Waals surface area contributed by atoms with Gasteiger partial charge in [-0.3, -0.25) is 15.6 Å². The third-order valence-corrected chi connectivity index (χ3v) is 3.16. The fraction of sp³-hybridized carbons (Fsp3) is 0. The maximum atomic E-state index is 11.7. The van der Waals surface area contributed by atoms with Gasteiger partial charge >= 0.3 is 0 Å². The van der Waals surface area contributed by atoms with Crippen LogP contribution in [0.3, 0.4) is 0 Å². The smallest absolute Gasteiger partial charge is 0.279 e. The van der Waals surface area contributed by atoms with Crippen LogP contribution in [0.25, 0.3) is 5.70 Å². The summed E-state index contributed by atoms with van der Waals surface area (Å²) in [5, 5.41) is 11.0. The number of carbonyl (C=O) groups is 1. The van der Waals surface area contributed by atoms with E-state index < -0.39 is 0 Å². The van der Waals surface area contributed by atoms with Gasteiger partial charge in [0.2, 0.25) is 0 Å². The van der Waals surface area contributed by atoms with Crippen LogP contribution in [0, 0.1) is 0 Å². The number of phenolic OH excluding ortho intramolecular Hbond substituents is 1. The highest BCUT2D eigenvalue weighted by Gasteiger charge is 2.06. The third-order valence-electron chi connectivity index (χ3n) is 2.29. The molecular weight excluding hydrogens is 248 g/mol. The van der Waals surface area contributed by atoms with Crippen LogP contribution in [0.2, 0.25) is 0 Å². The minimum Gasteiger partial charge on any atom is -0.508 e. The van der Waals surface area contributed by atoms with Gasteiger partial charge in [0.1, 0.15) is 5.75 Å². The summed E-state index contributed by atoms with van der Waals surface area (Å²) in [5.74, 6) is -0.0147. The van der Waals surface area contributed by atoms with Crippen LogP contribution in [0.15, 0.2) is 48.4 Å². The molecule has 0 spiro atoms. The molecule has 92 valence electrons. The molecule has 2 aromatic rings. The first-order valence-corrected chi connectivity index (χ1v) is 6.13. The zero-order chi connectivity index (χ0) is 13.0. The molecule has 0 saturated carbocycles. The highest BCUT2D eigenvalue weighted by atomic mass is 32.1. The second-order valence-electron chi connectivity index (χ2n) is 3.58. The van der Waals surface area contributed by atoms with E-state index in [1.54, 1.807) is 30.3 Å². The maximum Gasteiger partial charge on any atom is 0.279 e. The second kappa shape index (κ2) is 5.37. The summed E-state index contributed by atoms with van der Waals surface area (Å²) in [6.45, 7) is 3.80. The predicted octanol–water partition coefficient (Wildman–Crippen LogP) is 2.36. The Hall–Kier alpha value is -2.27. The largest absolute Gasteiger partial charge is 0.508 e. The summed E-state index contributed by atoms with van der Waals surface area (Å²) >= 11 is 1.37. The van der Waals surface area contributed by atoms with Gasteiger partial charge in [0.05, 0.1) is 10.6 Å². The molecule has 0 aliphatic heterocycles. The zero-order valence-electron chi connectivity index (χ0n) is 9.51. The first-order chi connectivity index (χ1) is 8.66. The molecule has 0 aliphatic carbocycles. The molecule has 0 atom stereocenters. The SMILES string of the molecule is C=C(NNC(=O)c1cccs1)c1ccc(O)cc1. The molecule has 0 aliphatic rings. The van der Waals surface area contributed by atoms with Gasteiger partial charge in [-0.05, 0) is 41.3 Å². The Balaban J connectivity index is 1.92. The quantitative estimate of drug-likeness (QED) is 0.739. The molecule has 2 rings (SSSR count). The van der Waals surface area contributed by atoms with Gasteiger partial charge in [0, 0.05) is 0 Å². The Labute approximate surface area is 109 Å². The van der Waals surface area contributed by atoms with Crippen molar-refractivity contribution in [1.29, 1.82) is 0 Å². The van der Waals surface area contributed by atoms with Crippen LogP contribution in [0.5, 0.6) is 5.75 Å². The maximum absolute atomic E-state index is 11.7. The lowest BCUT2D eigenvalue weighted by molar-refractivity contribution is 0.0946. The van der Waals surface area contributed by atoms with Crippen molar-refractivity contribution in [3.8, 4) is 5.75 Å². The van der Waals surface area contributed by atoms with Gasteiger partial charge in [0.15, 0.2) is 0 Å². The van der Waals surface area contributed by atoms with Crippen LogP contribution in [0.1, 0.15) is 15.2 Å². The molecule has 0 fully saturated rings. The van der Waals surface area contributed by atoms with Crippen molar-refractivity contribution in [2.75, 3.05) is 0 Å². The molecule has 1 amide bonds. The topological polar surface area (TPSA) is 61.4 Å². The monoisotopic (exact) mass is 260 g/mol. The first-order valence-electron chi connectivity index (χ1n) is 5.25. The lowest BCUT2D eigenvalue weighted by Gasteiger charge is -2.10. The summed E-state index contributed by atoms with van der Waals surface area (Å²) in [6.07, 6.45) is 0. The molecule has 1 aromatic heterocycles. The number of nitrogens with one attached hydrogen (secondary N) is 2. The van der Waals surface area contributed by atoms with E-state index in [0.717, 1.165) is 5.56 Å². The summed E-state index contributed by atoms with van der Waals surface area (Å²) in [4.78, 5) is 12.3. The fourth-order valence-corrected chi connectivity index (χ4v) is 1.96. The van der Waals surface area contributed by atoms with Gasteiger partial charge in [-0.1, -0.05) is 12.6 Å². The van der Waals surface area contributed by atoms with E-state index in [4.69, 9.17) is 5.11 Å². The number of hydrazine groups is 1. The number of thiophene rings is 1. The summed E-state index contributed by atoms with van der Waals surface area (Å²) in [5.41, 5.74) is 6.64.